The minimum atomic E-state index is -0.319. The highest BCUT2D eigenvalue weighted by atomic mass is 19.1. The van der Waals surface area contributed by atoms with Gasteiger partial charge in [-0.3, -0.25) is 0 Å². The fourth-order valence-corrected chi connectivity index (χ4v) is 8.64. The predicted octanol–water partition coefficient (Wildman–Crippen LogP) is 14.3. The first kappa shape index (κ1) is 36.8. The summed E-state index contributed by atoms with van der Waals surface area (Å²) in [5.41, 5.74) is 16.1. The average Bonchev–Trinajstić information content (AvgIpc) is 3.59. The van der Waals surface area contributed by atoms with Crippen LogP contribution in [0.4, 0.5) is 4.39 Å². The third kappa shape index (κ3) is 6.84. The normalized spacial score (nSPS) is 11.4. The number of fused-ring (bicyclic) bond motifs is 3. The summed E-state index contributed by atoms with van der Waals surface area (Å²) in [7, 11) is 0. The maximum absolute atomic E-state index is 15.9. The Labute approximate surface area is 349 Å². The lowest BCUT2D eigenvalue weighted by molar-refractivity contribution is 0.631. The van der Waals surface area contributed by atoms with Crippen LogP contribution >= 0.6 is 0 Å². The average molecular weight is 777 g/mol. The Morgan fingerprint density at radius 3 is 1.32 bits per heavy atom. The van der Waals surface area contributed by atoms with Crippen molar-refractivity contribution in [3.8, 4) is 73.2 Å². The molecule has 10 aromatic rings. The Bertz CT molecular complexity index is 3050. The number of rotatable bonds is 7. The number of hydrogen-bond acceptors (Lipinski definition) is 3. The van der Waals surface area contributed by atoms with E-state index in [4.69, 9.17) is 15.0 Å². The summed E-state index contributed by atoms with van der Waals surface area (Å²) in [6.07, 6.45) is 0. The van der Waals surface area contributed by atoms with Gasteiger partial charge in [-0.05, 0) is 85.8 Å². The van der Waals surface area contributed by atoms with Gasteiger partial charge in [0.25, 0.3) is 0 Å². The van der Waals surface area contributed by atoms with Crippen molar-refractivity contribution in [2.45, 2.75) is 27.7 Å². The monoisotopic (exact) mass is 776 g/mol. The fraction of sp³-hybridized carbons (Fsp3) is 0.0727. The van der Waals surface area contributed by atoms with Gasteiger partial charge in [0.2, 0.25) is 0 Å². The summed E-state index contributed by atoms with van der Waals surface area (Å²) in [6.45, 7) is 8.58. The molecule has 0 amide bonds. The number of aromatic nitrogens is 4. The zero-order chi connectivity index (χ0) is 40.9. The first-order valence-electron chi connectivity index (χ1n) is 20.3. The van der Waals surface area contributed by atoms with E-state index < -0.39 is 0 Å². The molecule has 10 rings (SSSR count). The maximum Gasteiger partial charge on any atom is 0.164 e. The Hall–Kier alpha value is -7.50. The molecule has 0 saturated carbocycles. The number of nitrogens with zero attached hydrogens (tertiary/aromatic N) is 4. The predicted molar refractivity (Wildman–Crippen MR) is 246 cm³/mol. The van der Waals surface area contributed by atoms with Crippen LogP contribution in [0.5, 0.6) is 0 Å². The molecule has 8 aromatic carbocycles. The van der Waals surface area contributed by atoms with Gasteiger partial charge < -0.3 is 4.57 Å². The van der Waals surface area contributed by atoms with Crippen LogP contribution in [0, 0.1) is 33.5 Å². The van der Waals surface area contributed by atoms with E-state index >= 15 is 4.39 Å². The van der Waals surface area contributed by atoms with E-state index in [-0.39, 0.29) is 5.82 Å². The lowest BCUT2D eigenvalue weighted by Gasteiger charge is -2.16. The molecule has 4 nitrogen and oxygen atoms in total. The van der Waals surface area contributed by atoms with Gasteiger partial charge in [-0.2, -0.15) is 0 Å². The van der Waals surface area contributed by atoms with Gasteiger partial charge >= 0.3 is 0 Å². The summed E-state index contributed by atoms with van der Waals surface area (Å²) in [6, 6.07) is 59.9. The summed E-state index contributed by atoms with van der Waals surface area (Å²) in [5.74, 6) is 1.21. The van der Waals surface area contributed by atoms with Crippen LogP contribution in [0.3, 0.4) is 0 Å². The molecule has 0 N–H and O–H groups in total. The zero-order valence-corrected chi connectivity index (χ0v) is 33.9. The van der Waals surface area contributed by atoms with Crippen molar-refractivity contribution in [1.29, 1.82) is 0 Å². The molecule has 0 aliphatic heterocycles. The van der Waals surface area contributed by atoms with Crippen molar-refractivity contribution < 1.29 is 4.39 Å². The lowest BCUT2D eigenvalue weighted by atomic mass is 9.97. The summed E-state index contributed by atoms with van der Waals surface area (Å²) >= 11 is 0. The van der Waals surface area contributed by atoms with Crippen LogP contribution in [0.1, 0.15) is 22.3 Å². The van der Waals surface area contributed by atoms with Gasteiger partial charge in [-0.15, -0.1) is 0 Å². The second kappa shape index (κ2) is 15.0. The van der Waals surface area contributed by atoms with E-state index in [0.29, 0.717) is 34.2 Å². The van der Waals surface area contributed by atoms with Crippen LogP contribution in [0.15, 0.2) is 176 Å². The topological polar surface area (TPSA) is 43.6 Å². The molecule has 0 bridgehead atoms. The van der Waals surface area contributed by atoms with Crippen LogP contribution in [0.25, 0.3) is 95.0 Å². The summed E-state index contributed by atoms with van der Waals surface area (Å²) in [4.78, 5) is 15.3. The number of aryl methyl sites for hydroxylation is 4. The second-order valence-electron chi connectivity index (χ2n) is 15.8. The van der Waals surface area contributed by atoms with Crippen LogP contribution in [0.2, 0.25) is 0 Å². The van der Waals surface area contributed by atoms with Gasteiger partial charge in [0, 0.05) is 38.7 Å². The van der Waals surface area contributed by atoms with Crippen molar-refractivity contribution >= 4 is 21.8 Å². The third-order valence-corrected chi connectivity index (χ3v) is 11.2. The van der Waals surface area contributed by atoms with Gasteiger partial charge in [0.1, 0.15) is 5.82 Å². The summed E-state index contributed by atoms with van der Waals surface area (Å²) < 4.78 is 18.3. The van der Waals surface area contributed by atoms with Crippen molar-refractivity contribution in [2.75, 3.05) is 0 Å². The van der Waals surface area contributed by atoms with E-state index in [1.54, 1.807) is 6.07 Å². The van der Waals surface area contributed by atoms with E-state index in [9.17, 15) is 0 Å². The van der Waals surface area contributed by atoms with Crippen molar-refractivity contribution in [3.63, 3.8) is 0 Å². The Morgan fingerprint density at radius 1 is 0.350 bits per heavy atom. The molecule has 0 spiro atoms. The number of benzene rings is 8. The van der Waals surface area contributed by atoms with Crippen molar-refractivity contribution in [1.82, 2.24) is 19.5 Å². The molecular formula is C55H41FN4. The number of halogens is 1. The highest BCUT2D eigenvalue weighted by Gasteiger charge is 2.21. The van der Waals surface area contributed by atoms with E-state index in [1.165, 1.54) is 39.4 Å². The molecule has 288 valence electrons. The van der Waals surface area contributed by atoms with Crippen molar-refractivity contribution in [3.05, 3.63) is 204 Å². The molecular weight excluding hydrogens is 736 g/mol. The minimum absolute atomic E-state index is 0.319. The molecule has 0 aliphatic carbocycles. The molecule has 0 fully saturated rings. The van der Waals surface area contributed by atoms with Gasteiger partial charge in [-0.1, -0.05) is 168 Å². The Kier molecular flexibility index (Phi) is 9.22. The van der Waals surface area contributed by atoms with Crippen LogP contribution < -0.4 is 0 Å². The Balaban J connectivity index is 1.28. The minimum Gasteiger partial charge on any atom is -0.309 e. The standard InChI is InChI=1S/C55H41FN4/c1-34-25-35(2)28-42(27-34)40-19-22-47-48-23-20-41(43-29-36(3)26-37(4)30-43)32-52(48)60(51(47)31-40)44-21-24-45(46-17-11-12-18-50(46)56)49(33-44)55-58-53(38-13-7-5-8-14-38)57-54(59-55)39-15-9-6-10-16-39/h5-33H,1-4H3. The molecule has 0 saturated heterocycles. The van der Waals surface area contributed by atoms with Crippen molar-refractivity contribution in [2.24, 2.45) is 0 Å². The second-order valence-corrected chi connectivity index (χ2v) is 15.8. The SMILES string of the molecule is Cc1cc(C)cc(-c2ccc3c4ccc(-c5cc(C)cc(C)c5)cc4n(-c4ccc(-c5ccccc5F)c(-c5nc(-c6ccccc6)nc(-c6ccccc6)n5)c4)c3c2)c1. The zero-order valence-electron chi connectivity index (χ0n) is 33.9. The van der Waals surface area contributed by atoms with Gasteiger partial charge in [0.15, 0.2) is 17.5 Å². The van der Waals surface area contributed by atoms with Crippen LogP contribution in [-0.2, 0) is 0 Å². The summed E-state index contributed by atoms with van der Waals surface area (Å²) in [5, 5.41) is 2.28. The largest absolute Gasteiger partial charge is 0.309 e. The molecule has 0 radical (unpaired) electrons. The number of hydrogen-bond donors (Lipinski definition) is 0. The van der Waals surface area contributed by atoms with Crippen LogP contribution in [-0.4, -0.2) is 19.5 Å². The molecule has 0 aliphatic rings. The Morgan fingerprint density at radius 2 is 0.817 bits per heavy atom. The molecule has 5 heteroatoms. The van der Waals surface area contributed by atoms with E-state index in [2.05, 4.69) is 117 Å². The highest BCUT2D eigenvalue weighted by Crippen LogP contribution is 2.41. The maximum atomic E-state index is 15.9. The lowest BCUT2D eigenvalue weighted by Crippen LogP contribution is -2.03. The fourth-order valence-electron chi connectivity index (χ4n) is 8.64. The molecule has 0 unspecified atom stereocenters. The molecule has 60 heavy (non-hydrogen) atoms. The first-order chi connectivity index (χ1) is 29.3. The van der Waals surface area contributed by atoms with Gasteiger partial charge in [0.05, 0.1) is 11.0 Å². The smallest absolute Gasteiger partial charge is 0.164 e. The molecule has 2 aromatic heterocycles. The third-order valence-electron chi connectivity index (χ3n) is 11.2. The first-order valence-corrected chi connectivity index (χ1v) is 20.3. The van der Waals surface area contributed by atoms with E-state index in [0.717, 1.165) is 49.7 Å². The van der Waals surface area contributed by atoms with Gasteiger partial charge in [-0.25, -0.2) is 19.3 Å². The molecule has 0 atom stereocenters. The molecule has 2 heterocycles. The van der Waals surface area contributed by atoms with E-state index in [1.807, 2.05) is 78.9 Å². The highest BCUT2D eigenvalue weighted by molar-refractivity contribution is 6.11. The quantitative estimate of drug-likeness (QED) is 0.162.